The van der Waals surface area contributed by atoms with Gasteiger partial charge in [0.25, 0.3) is 0 Å². The summed E-state index contributed by atoms with van der Waals surface area (Å²) in [6, 6.07) is 10.2. The number of aliphatic hydroxyl groups excluding tert-OH is 2. The first kappa shape index (κ1) is 23.7. The largest absolute Gasteiger partial charge is 0.396 e. The number of carbonyl (C=O) groups excluding carboxylic acids is 1. The second kappa shape index (κ2) is 9.46. The minimum absolute atomic E-state index is 0.0408. The van der Waals surface area contributed by atoms with Gasteiger partial charge in [0.1, 0.15) is 0 Å². The van der Waals surface area contributed by atoms with E-state index in [4.69, 9.17) is 11.4 Å². The van der Waals surface area contributed by atoms with Crippen molar-refractivity contribution in [3.63, 3.8) is 0 Å². The standard InChI is InChI=1S/C26H33N3O3S/c1-4-12-27-22(32)13-18-23-19(33-24(29-23)28-15-17-8-6-5-7-9-17)14-20-25(18,2)11-10-21(31)26(20,3)16-30/h1,5-9,18,20-21,30-31H,10-16H2,2-3H3,(H,27,32)(H,28,29)/t18-,20+,21-,25+,26+/m1/s1. The SMILES string of the molecule is C#CCNC(=O)C[C@@H]1c2nc(NCc3ccccc3)sc2C[C@@H]2[C@](C)(CO)[C@H](O)CC[C@]21C. The number of aromatic nitrogens is 1. The summed E-state index contributed by atoms with van der Waals surface area (Å²) in [5.41, 5.74) is 1.26. The van der Waals surface area contributed by atoms with Crippen molar-refractivity contribution in [1.29, 1.82) is 0 Å². The number of hydrogen-bond acceptors (Lipinski definition) is 6. The van der Waals surface area contributed by atoms with Crippen molar-refractivity contribution in [3.05, 3.63) is 46.5 Å². The number of rotatable bonds is 7. The maximum absolute atomic E-state index is 12.8. The molecule has 2 aliphatic carbocycles. The molecule has 1 heterocycles. The summed E-state index contributed by atoms with van der Waals surface area (Å²) < 4.78 is 0. The van der Waals surface area contributed by atoms with Gasteiger partial charge >= 0.3 is 0 Å². The molecule has 0 unspecified atom stereocenters. The van der Waals surface area contributed by atoms with Gasteiger partial charge in [-0.05, 0) is 36.2 Å². The predicted octanol–water partition coefficient (Wildman–Crippen LogP) is 3.31. The molecule has 0 radical (unpaired) electrons. The number of anilines is 1. The third-order valence-electron chi connectivity index (χ3n) is 7.96. The van der Waals surface area contributed by atoms with Crippen LogP contribution in [-0.2, 0) is 17.8 Å². The molecule has 1 amide bonds. The van der Waals surface area contributed by atoms with Crippen LogP contribution in [0.5, 0.6) is 0 Å². The lowest BCUT2D eigenvalue weighted by Gasteiger charge is -2.58. The summed E-state index contributed by atoms with van der Waals surface area (Å²) in [7, 11) is 0. The second-order valence-electron chi connectivity index (χ2n) is 9.89. The molecule has 0 spiro atoms. The Balaban J connectivity index is 1.68. The van der Waals surface area contributed by atoms with Gasteiger partial charge in [-0.3, -0.25) is 4.79 Å². The minimum atomic E-state index is -0.625. The molecule has 1 saturated carbocycles. The van der Waals surface area contributed by atoms with Crippen molar-refractivity contribution < 1.29 is 15.0 Å². The van der Waals surface area contributed by atoms with Gasteiger partial charge in [0.05, 0.1) is 24.9 Å². The van der Waals surface area contributed by atoms with Gasteiger partial charge < -0.3 is 20.8 Å². The van der Waals surface area contributed by atoms with Crippen LogP contribution in [0.1, 0.15) is 55.2 Å². The Morgan fingerprint density at radius 1 is 1.33 bits per heavy atom. The third kappa shape index (κ3) is 4.40. The Morgan fingerprint density at radius 3 is 2.79 bits per heavy atom. The molecule has 2 aliphatic rings. The van der Waals surface area contributed by atoms with Crippen molar-refractivity contribution in [2.24, 2.45) is 16.7 Å². The summed E-state index contributed by atoms with van der Waals surface area (Å²) in [5.74, 6) is 2.31. The van der Waals surface area contributed by atoms with Crippen LogP contribution in [0.15, 0.2) is 30.3 Å². The van der Waals surface area contributed by atoms with E-state index in [2.05, 4.69) is 35.6 Å². The maximum atomic E-state index is 12.8. The van der Waals surface area contributed by atoms with E-state index in [9.17, 15) is 15.0 Å². The molecule has 0 bridgehead atoms. The van der Waals surface area contributed by atoms with Crippen LogP contribution in [0.2, 0.25) is 0 Å². The highest BCUT2D eigenvalue weighted by molar-refractivity contribution is 7.15. The molecule has 0 aliphatic heterocycles. The average molecular weight is 468 g/mol. The molecule has 33 heavy (non-hydrogen) atoms. The molecule has 2 aromatic rings. The van der Waals surface area contributed by atoms with Gasteiger partial charge in [-0.2, -0.15) is 0 Å². The van der Waals surface area contributed by atoms with Crippen molar-refractivity contribution in [3.8, 4) is 12.3 Å². The van der Waals surface area contributed by atoms with Crippen LogP contribution in [0.4, 0.5) is 5.13 Å². The number of aliphatic hydroxyl groups is 2. The lowest BCUT2D eigenvalue weighted by Crippen LogP contribution is -2.57. The van der Waals surface area contributed by atoms with Crippen LogP contribution in [-0.4, -0.2) is 40.4 Å². The summed E-state index contributed by atoms with van der Waals surface area (Å²) in [5, 5.41) is 28.3. The van der Waals surface area contributed by atoms with E-state index in [-0.39, 0.29) is 36.3 Å². The van der Waals surface area contributed by atoms with E-state index in [0.717, 1.165) is 28.5 Å². The van der Waals surface area contributed by atoms with Crippen LogP contribution in [0, 0.1) is 29.1 Å². The minimum Gasteiger partial charge on any atom is -0.396 e. The van der Waals surface area contributed by atoms with E-state index >= 15 is 0 Å². The number of nitrogens with one attached hydrogen (secondary N) is 2. The first-order valence-electron chi connectivity index (χ1n) is 11.6. The number of thiazole rings is 1. The molecular weight excluding hydrogens is 434 g/mol. The summed E-state index contributed by atoms with van der Waals surface area (Å²) >= 11 is 1.62. The summed E-state index contributed by atoms with van der Waals surface area (Å²) in [6.45, 7) is 4.98. The molecule has 0 saturated heterocycles. The topological polar surface area (TPSA) is 94.5 Å². The predicted molar refractivity (Wildman–Crippen MR) is 131 cm³/mol. The fourth-order valence-electron chi connectivity index (χ4n) is 5.90. The number of carbonyl (C=O) groups is 1. The lowest BCUT2D eigenvalue weighted by molar-refractivity contribution is -0.144. The van der Waals surface area contributed by atoms with Crippen LogP contribution < -0.4 is 10.6 Å². The van der Waals surface area contributed by atoms with Gasteiger partial charge in [0, 0.05) is 29.2 Å². The number of nitrogens with zero attached hydrogens (tertiary/aromatic N) is 1. The Bertz CT molecular complexity index is 1030. The van der Waals surface area contributed by atoms with Crippen molar-refractivity contribution in [2.45, 2.75) is 58.1 Å². The van der Waals surface area contributed by atoms with Gasteiger partial charge in [-0.25, -0.2) is 4.98 Å². The molecule has 5 atom stereocenters. The molecule has 176 valence electrons. The van der Waals surface area contributed by atoms with Gasteiger partial charge in [0.15, 0.2) is 5.13 Å². The first-order chi connectivity index (χ1) is 15.8. The zero-order valence-corrected chi connectivity index (χ0v) is 20.1. The fourth-order valence-corrected chi connectivity index (χ4v) is 6.97. The van der Waals surface area contributed by atoms with Gasteiger partial charge in [-0.1, -0.05) is 50.1 Å². The van der Waals surface area contributed by atoms with E-state index in [1.165, 1.54) is 5.56 Å². The number of fused-ring (bicyclic) bond motifs is 2. The number of hydrogen-bond donors (Lipinski definition) is 4. The fraction of sp³-hybridized carbons (Fsp3) is 0.538. The van der Waals surface area contributed by atoms with E-state index in [1.54, 1.807) is 11.3 Å². The van der Waals surface area contributed by atoms with Crippen LogP contribution >= 0.6 is 11.3 Å². The van der Waals surface area contributed by atoms with E-state index < -0.39 is 11.5 Å². The molecular formula is C26H33N3O3S. The molecule has 7 heteroatoms. The molecule has 1 fully saturated rings. The average Bonchev–Trinajstić information content (AvgIpc) is 3.23. The molecule has 1 aromatic heterocycles. The van der Waals surface area contributed by atoms with Crippen molar-refractivity contribution in [1.82, 2.24) is 10.3 Å². The Kier molecular flexibility index (Phi) is 6.81. The zero-order valence-electron chi connectivity index (χ0n) is 19.3. The Labute approximate surface area is 199 Å². The van der Waals surface area contributed by atoms with Gasteiger partial charge in [0.2, 0.25) is 5.91 Å². The number of terminal acetylenes is 1. The highest BCUT2D eigenvalue weighted by Gasteiger charge is 2.59. The smallest absolute Gasteiger partial charge is 0.221 e. The quantitative estimate of drug-likeness (QED) is 0.469. The van der Waals surface area contributed by atoms with Gasteiger partial charge in [-0.15, -0.1) is 17.8 Å². The number of amides is 1. The maximum Gasteiger partial charge on any atom is 0.221 e. The Hall–Kier alpha value is -2.40. The van der Waals surface area contributed by atoms with Crippen molar-refractivity contribution in [2.75, 3.05) is 18.5 Å². The molecule has 1 aromatic carbocycles. The summed E-state index contributed by atoms with van der Waals surface area (Å²) in [6.07, 6.45) is 7.19. The van der Waals surface area contributed by atoms with Crippen LogP contribution in [0.25, 0.3) is 0 Å². The first-order valence-corrected chi connectivity index (χ1v) is 12.4. The molecule has 4 N–H and O–H groups in total. The van der Waals surface area contributed by atoms with E-state index in [1.807, 2.05) is 25.1 Å². The lowest BCUT2D eigenvalue weighted by atomic mass is 9.47. The third-order valence-corrected chi connectivity index (χ3v) is 9.01. The second-order valence-corrected chi connectivity index (χ2v) is 11.0. The van der Waals surface area contributed by atoms with E-state index in [0.29, 0.717) is 19.4 Å². The molecule has 4 rings (SSSR count). The highest BCUT2D eigenvalue weighted by Crippen LogP contribution is 2.62. The molecule has 6 nitrogen and oxygen atoms in total. The highest BCUT2D eigenvalue weighted by atomic mass is 32.1. The Morgan fingerprint density at radius 2 is 2.09 bits per heavy atom. The zero-order chi connectivity index (χ0) is 23.6. The normalized spacial score (nSPS) is 30.6. The monoisotopic (exact) mass is 467 g/mol. The summed E-state index contributed by atoms with van der Waals surface area (Å²) in [4.78, 5) is 18.9. The van der Waals surface area contributed by atoms with Crippen molar-refractivity contribution >= 4 is 22.4 Å². The number of benzene rings is 1. The van der Waals surface area contributed by atoms with Crippen LogP contribution in [0.3, 0.4) is 0 Å².